The van der Waals surface area contributed by atoms with Gasteiger partial charge in [-0.1, -0.05) is 11.8 Å². The summed E-state index contributed by atoms with van der Waals surface area (Å²) in [5, 5.41) is 3.51. The van der Waals surface area contributed by atoms with Gasteiger partial charge in [-0.2, -0.15) is 0 Å². The Labute approximate surface area is 157 Å². The first-order valence-electron chi connectivity index (χ1n) is 6.62. The Bertz CT molecular complexity index is 604. The van der Waals surface area contributed by atoms with E-state index in [1.54, 1.807) is 0 Å². The predicted octanol–water partition coefficient (Wildman–Crippen LogP) is 5.18. The molecule has 0 aromatic heterocycles. The maximum absolute atomic E-state index is 3.51. The van der Waals surface area contributed by atoms with Crippen LogP contribution in [-0.2, 0) is 0 Å². The first-order chi connectivity index (χ1) is 9.54. The molecule has 0 unspecified atom stereocenters. The number of fused-ring (bicyclic) bond motifs is 2. The minimum absolute atomic E-state index is 0. The molecule has 3 rings (SSSR count). The van der Waals surface area contributed by atoms with Crippen LogP contribution in [0.2, 0.25) is 0 Å². The van der Waals surface area contributed by atoms with Gasteiger partial charge in [0.2, 0.25) is 0 Å². The Morgan fingerprint density at radius 2 is 1.14 bits per heavy atom. The molecule has 1 heterocycles. The fraction of sp³-hybridized carbons (Fsp3) is 0.250. The summed E-state index contributed by atoms with van der Waals surface area (Å²) in [6.07, 6.45) is 0. The molecule has 1 N–H and O–H groups in total. The lowest BCUT2D eigenvalue weighted by Gasteiger charge is -2.24. The van der Waals surface area contributed by atoms with Crippen LogP contribution in [0.5, 0.6) is 0 Å². The summed E-state index contributed by atoms with van der Waals surface area (Å²) in [5.41, 5.74) is 4.83. The molecule has 0 bridgehead atoms. The quantitative estimate of drug-likeness (QED) is 0.583. The molecule has 0 fully saturated rings. The van der Waals surface area contributed by atoms with Gasteiger partial charge in [-0.15, -0.1) is 34.0 Å². The molecule has 0 aliphatic carbocycles. The van der Waals surface area contributed by atoms with E-state index in [1.165, 1.54) is 32.5 Å². The Hall–Kier alpha value is -0.850. The third-order valence-electron chi connectivity index (χ3n) is 3.45. The Balaban J connectivity index is 0.00000121. The smallest absolute Gasteiger partial charge is 0.0527 e. The SMILES string of the molecule is Br.Br.CN(C)c1ccc2c(c1)Sc1cc(N(C)C)ccc1N2. The van der Waals surface area contributed by atoms with Gasteiger partial charge in [0.15, 0.2) is 0 Å². The maximum Gasteiger partial charge on any atom is 0.0527 e. The van der Waals surface area contributed by atoms with Crippen LogP contribution in [0.1, 0.15) is 0 Å². The molecule has 0 radical (unpaired) electrons. The van der Waals surface area contributed by atoms with E-state index in [0.717, 1.165) is 0 Å². The molecule has 0 spiro atoms. The topological polar surface area (TPSA) is 18.5 Å². The van der Waals surface area contributed by atoms with E-state index >= 15 is 0 Å². The average molecular weight is 447 g/mol. The molecule has 6 heteroatoms. The molecule has 0 amide bonds. The van der Waals surface area contributed by atoms with Crippen LogP contribution in [0.4, 0.5) is 22.7 Å². The third kappa shape index (κ3) is 3.73. The van der Waals surface area contributed by atoms with Crippen molar-refractivity contribution in [3.05, 3.63) is 36.4 Å². The van der Waals surface area contributed by atoms with Crippen LogP contribution in [0, 0.1) is 0 Å². The summed E-state index contributed by atoms with van der Waals surface area (Å²) in [6, 6.07) is 13.1. The Morgan fingerprint density at radius 1 is 0.727 bits per heavy atom. The molecular weight excluding hydrogens is 426 g/mol. The predicted molar refractivity (Wildman–Crippen MR) is 110 cm³/mol. The molecule has 0 saturated carbocycles. The molecule has 22 heavy (non-hydrogen) atoms. The van der Waals surface area contributed by atoms with Crippen LogP contribution in [0.25, 0.3) is 0 Å². The lowest BCUT2D eigenvalue weighted by molar-refractivity contribution is 1.11. The Kier molecular flexibility index (Phi) is 6.65. The van der Waals surface area contributed by atoms with Crippen molar-refractivity contribution in [3.8, 4) is 0 Å². The third-order valence-corrected chi connectivity index (χ3v) is 4.57. The fourth-order valence-corrected chi connectivity index (χ4v) is 3.27. The lowest BCUT2D eigenvalue weighted by atomic mass is 10.2. The van der Waals surface area contributed by atoms with E-state index < -0.39 is 0 Å². The summed E-state index contributed by atoms with van der Waals surface area (Å²) >= 11 is 1.83. The first-order valence-corrected chi connectivity index (χ1v) is 7.44. The van der Waals surface area contributed by atoms with Gasteiger partial charge in [-0.25, -0.2) is 0 Å². The number of rotatable bonds is 2. The van der Waals surface area contributed by atoms with E-state index in [1.807, 2.05) is 11.8 Å². The zero-order valence-electron chi connectivity index (χ0n) is 13.1. The average Bonchev–Trinajstić information content (AvgIpc) is 2.43. The van der Waals surface area contributed by atoms with Crippen LogP contribution in [0.3, 0.4) is 0 Å². The number of nitrogens with zero attached hydrogens (tertiary/aromatic N) is 2. The van der Waals surface area contributed by atoms with Crippen molar-refractivity contribution in [2.45, 2.75) is 9.79 Å². The molecular formula is C16H21Br2N3S. The Morgan fingerprint density at radius 3 is 1.50 bits per heavy atom. The monoisotopic (exact) mass is 445 g/mol. The largest absolute Gasteiger partial charge is 0.378 e. The molecule has 2 aromatic carbocycles. The van der Waals surface area contributed by atoms with Crippen molar-refractivity contribution < 1.29 is 0 Å². The van der Waals surface area contributed by atoms with Crippen molar-refractivity contribution in [2.75, 3.05) is 43.3 Å². The van der Waals surface area contributed by atoms with Gasteiger partial charge in [-0.05, 0) is 36.4 Å². The first kappa shape index (κ1) is 19.2. The summed E-state index contributed by atoms with van der Waals surface area (Å²) in [7, 11) is 8.28. The molecule has 2 aromatic rings. The van der Waals surface area contributed by atoms with Gasteiger partial charge in [0.1, 0.15) is 0 Å². The highest BCUT2D eigenvalue weighted by molar-refractivity contribution is 8.93. The van der Waals surface area contributed by atoms with Gasteiger partial charge < -0.3 is 15.1 Å². The minimum Gasteiger partial charge on any atom is -0.378 e. The van der Waals surface area contributed by atoms with Crippen molar-refractivity contribution in [1.29, 1.82) is 0 Å². The highest BCUT2D eigenvalue weighted by Crippen LogP contribution is 2.46. The van der Waals surface area contributed by atoms with Crippen molar-refractivity contribution in [2.24, 2.45) is 0 Å². The number of hydrogen-bond donors (Lipinski definition) is 1. The van der Waals surface area contributed by atoms with Crippen LogP contribution < -0.4 is 15.1 Å². The second-order valence-electron chi connectivity index (χ2n) is 5.38. The van der Waals surface area contributed by atoms with Gasteiger partial charge >= 0.3 is 0 Å². The van der Waals surface area contributed by atoms with E-state index in [-0.39, 0.29) is 34.0 Å². The van der Waals surface area contributed by atoms with Gasteiger partial charge in [0.05, 0.1) is 11.4 Å². The molecule has 0 saturated heterocycles. The zero-order chi connectivity index (χ0) is 14.3. The number of halogens is 2. The maximum atomic E-state index is 3.51. The summed E-state index contributed by atoms with van der Waals surface area (Å²) in [6.45, 7) is 0. The molecule has 0 atom stereocenters. The van der Waals surface area contributed by atoms with E-state index in [2.05, 4.69) is 79.7 Å². The van der Waals surface area contributed by atoms with Crippen LogP contribution in [0.15, 0.2) is 46.2 Å². The fourth-order valence-electron chi connectivity index (χ4n) is 2.22. The van der Waals surface area contributed by atoms with Gasteiger partial charge in [-0.3, -0.25) is 0 Å². The van der Waals surface area contributed by atoms with Crippen LogP contribution in [-0.4, -0.2) is 28.2 Å². The second kappa shape index (κ2) is 7.62. The number of benzene rings is 2. The van der Waals surface area contributed by atoms with E-state index in [0.29, 0.717) is 0 Å². The summed E-state index contributed by atoms with van der Waals surface area (Å²) in [5.74, 6) is 0. The molecule has 1 aliphatic heterocycles. The highest BCUT2D eigenvalue weighted by atomic mass is 79.9. The van der Waals surface area contributed by atoms with Crippen molar-refractivity contribution in [3.63, 3.8) is 0 Å². The standard InChI is InChI=1S/C16H19N3S.2BrH/c1-18(2)11-5-7-13-15(9-11)20-16-10-12(19(3)4)6-8-14(16)17-13;;/h5-10,17H,1-4H3;2*1H. The van der Waals surface area contributed by atoms with Crippen LogP contribution >= 0.6 is 45.7 Å². The van der Waals surface area contributed by atoms with Crippen molar-refractivity contribution in [1.82, 2.24) is 0 Å². The molecule has 1 aliphatic rings. The summed E-state index contributed by atoms with van der Waals surface area (Å²) in [4.78, 5) is 6.82. The molecule has 3 nitrogen and oxygen atoms in total. The molecule has 120 valence electrons. The minimum atomic E-state index is 0. The number of anilines is 4. The van der Waals surface area contributed by atoms with Gasteiger partial charge in [0, 0.05) is 49.4 Å². The number of nitrogens with one attached hydrogen (secondary N) is 1. The van der Waals surface area contributed by atoms with E-state index in [4.69, 9.17) is 0 Å². The van der Waals surface area contributed by atoms with Crippen molar-refractivity contribution >= 4 is 68.5 Å². The lowest BCUT2D eigenvalue weighted by Crippen LogP contribution is -2.10. The number of hydrogen-bond acceptors (Lipinski definition) is 4. The van der Waals surface area contributed by atoms with Gasteiger partial charge in [0.25, 0.3) is 0 Å². The summed E-state index contributed by atoms with van der Waals surface area (Å²) < 4.78 is 0. The normalized spacial score (nSPS) is 11.1. The highest BCUT2D eigenvalue weighted by Gasteiger charge is 2.17. The van der Waals surface area contributed by atoms with E-state index in [9.17, 15) is 0 Å². The zero-order valence-corrected chi connectivity index (χ0v) is 17.3. The second-order valence-corrected chi connectivity index (χ2v) is 6.46.